The fourth-order valence-electron chi connectivity index (χ4n) is 0. The molecule has 29 valence electrons. The van der Waals surface area contributed by atoms with Crippen molar-refractivity contribution in [2.75, 3.05) is 6.54 Å². The van der Waals surface area contributed by atoms with Crippen molar-refractivity contribution >= 4 is 8.41 Å². The maximum Gasteiger partial charge on any atom is 0 e. The minimum absolute atomic E-state index is 0. The molecule has 1 nitrogen and oxygen atoms in total. The average molecular weight is 69.9 g/mol. The fraction of sp³-hybridized carbons (Fsp3) is 1.00. The van der Waals surface area contributed by atoms with Crippen LogP contribution in [0.25, 0.3) is 0 Å². The summed E-state index contributed by atoms with van der Waals surface area (Å²) in [5, 5.41) is 0. The molecule has 0 saturated heterocycles. The van der Waals surface area contributed by atoms with Crippen LogP contribution in [0.1, 0.15) is 13.3 Å². The lowest BCUT2D eigenvalue weighted by Crippen LogP contribution is -1.93. The monoisotopic (exact) mass is 70.1 g/mol. The highest BCUT2D eigenvalue weighted by Crippen LogP contribution is 1.57. The van der Waals surface area contributed by atoms with Gasteiger partial charge in [0.25, 0.3) is 0 Å². The van der Waals surface area contributed by atoms with Crippen molar-refractivity contribution in [3.63, 3.8) is 0 Å². The largest absolute Gasteiger partial charge is 0.330 e. The van der Waals surface area contributed by atoms with E-state index in [0.717, 1.165) is 13.0 Å². The highest BCUT2D eigenvalue weighted by atomic mass is 14.5. The molecule has 0 aromatic heterocycles. The van der Waals surface area contributed by atoms with Crippen molar-refractivity contribution in [3.8, 4) is 0 Å². The van der Waals surface area contributed by atoms with Crippen LogP contribution in [0.4, 0.5) is 0 Å². The van der Waals surface area contributed by atoms with Gasteiger partial charge in [-0.2, -0.15) is 0 Å². The van der Waals surface area contributed by atoms with Crippen LogP contribution in [0, 0.1) is 0 Å². The minimum Gasteiger partial charge on any atom is -0.330 e. The summed E-state index contributed by atoms with van der Waals surface area (Å²) in [6, 6.07) is 0. The third-order valence-corrected chi connectivity index (χ3v) is 0.289. The molecule has 0 aromatic carbocycles. The van der Waals surface area contributed by atoms with Crippen LogP contribution in [0.2, 0.25) is 0 Å². The van der Waals surface area contributed by atoms with Crippen LogP contribution in [0.15, 0.2) is 0 Å². The Morgan fingerprint density at radius 3 is 1.80 bits per heavy atom. The molecule has 3 radical (unpaired) electrons. The summed E-state index contributed by atoms with van der Waals surface area (Å²) in [5.41, 5.74) is 5.03. The van der Waals surface area contributed by atoms with Gasteiger partial charge in [-0.05, 0) is 13.0 Å². The van der Waals surface area contributed by atoms with Crippen molar-refractivity contribution in [2.45, 2.75) is 13.3 Å². The Morgan fingerprint density at radius 2 is 1.80 bits per heavy atom. The molecule has 0 fully saturated rings. The Hall–Kier alpha value is 0.0249. The molecule has 0 aliphatic rings. The summed E-state index contributed by atoms with van der Waals surface area (Å²) in [6.45, 7) is 2.88. The summed E-state index contributed by atoms with van der Waals surface area (Å²) in [5.74, 6) is 0. The smallest absolute Gasteiger partial charge is 0 e. The maximum atomic E-state index is 5.03. The van der Waals surface area contributed by atoms with Crippen molar-refractivity contribution in [2.24, 2.45) is 5.73 Å². The topological polar surface area (TPSA) is 26.0 Å². The van der Waals surface area contributed by atoms with E-state index in [1.165, 1.54) is 0 Å². The van der Waals surface area contributed by atoms with Crippen LogP contribution < -0.4 is 5.73 Å². The van der Waals surface area contributed by atoms with Gasteiger partial charge in [0.15, 0.2) is 0 Å². The highest BCUT2D eigenvalue weighted by Gasteiger charge is 1.55. The lowest BCUT2D eigenvalue weighted by molar-refractivity contribution is 0.932. The minimum atomic E-state index is 0. The molecular weight excluding hydrogens is 60.9 g/mol. The third-order valence-electron chi connectivity index (χ3n) is 0.289. The van der Waals surface area contributed by atoms with Gasteiger partial charge in [-0.3, -0.25) is 0 Å². The fourth-order valence-corrected chi connectivity index (χ4v) is 0. The first kappa shape index (κ1) is 8.90. The van der Waals surface area contributed by atoms with E-state index in [2.05, 4.69) is 6.92 Å². The Kier molecular flexibility index (Phi) is 16.0. The molecule has 0 saturated carbocycles. The van der Waals surface area contributed by atoms with Crippen molar-refractivity contribution < 1.29 is 0 Å². The molecule has 0 aliphatic carbocycles. The van der Waals surface area contributed by atoms with Gasteiger partial charge in [0.2, 0.25) is 0 Å². The first-order chi connectivity index (χ1) is 1.91. The number of hydrogen-bond acceptors (Lipinski definition) is 1. The summed E-state index contributed by atoms with van der Waals surface area (Å²) in [4.78, 5) is 0. The maximum absolute atomic E-state index is 5.03. The normalized spacial score (nSPS) is 6.00. The third kappa shape index (κ3) is 15.7. The van der Waals surface area contributed by atoms with E-state index in [1.54, 1.807) is 0 Å². The van der Waals surface area contributed by atoms with Crippen LogP contribution in [0.3, 0.4) is 0 Å². The summed E-state index contributed by atoms with van der Waals surface area (Å²) in [6.07, 6.45) is 1.10. The van der Waals surface area contributed by atoms with Crippen LogP contribution >= 0.6 is 0 Å². The Labute approximate surface area is 35.1 Å². The number of hydrogen-bond donors (Lipinski definition) is 1. The summed E-state index contributed by atoms with van der Waals surface area (Å²) >= 11 is 0. The SMILES string of the molecule is CCCN.[B]. The molecule has 2 heteroatoms. The molecule has 5 heavy (non-hydrogen) atoms. The Morgan fingerprint density at radius 1 is 1.60 bits per heavy atom. The van der Waals surface area contributed by atoms with Crippen LogP contribution in [-0.2, 0) is 0 Å². The first-order valence-corrected chi connectivity index (χ1v) is 1.62. The van der Waals surface area contributed by atoms with E-state index in [1.807, 2.05) is 0 Å². The van der Waals surface area contributed by atoms with E-state index in [-0.39, 0.29) is 8.41 Å². The summed E-state index contributed by atoms with van der Waals surface area (Å²) < 4.78 is 0. The molecule has 2 N–H and O–H groups in total. The number of rotatable bonds is 1. The van der Waals surface area contributed by atoms with Gasteiger partial charge in [0, 0.05) is 8.41 Å². The van der Waals surface area contributed by atoms with Gasteiger partial charge in [-0.25, -0.2) is 0 Å². The molecule has 0 rings (SSSR count). The molecule has 0 aromatic rings. The molecule has 0 aliphatic heterocycles. The zero-order valence-corrected chi connectivity index (χ0v) is 3.57. The van der Waals surface area contributed by atoms with Gasteiger partial charge in [-0.15, -0.1) is 0 Å². The van der Waals surface area contributed by atoms with Crippen LogP contribution in [0.5, 0.6) is 0 Å². The van der Waals surface area contributed by atoms with E-state index in [9.17, 15) is 0 Å². The van der Waals surface area contributed by atoms with Gasteiger partial charge in [0.1, 0.15) is 0 Å². The second-order valence-electron chi connectivity index (χ2n) is 0.789. The predicted octanol–water partition coefficient (Wildman–Crippen LogP) is -0.0257. The van der Waals surface area contributed by atoms with Crippen molar-refractivity contribution in [1.82, 2.24) is 0 Å². The second-order valence-corrected chi connectivity index (χ2v) is 0.789. The van der Waals surface area contributed by atoms with E-state index < -0.39 is 0 Å². The quantitative estimate of drug-likeness (QED) is 0.431. The van der Waals surface area contributed by atoms with E-state index >= 15 is 0 Å². The Balaban J connectivity index is 0. The molecule has 0 heterocycles. The van der Waals surface area contributed by atoms with Gasteiger partial charge in [-0.1, -0.05) is 6.92 Å². The number of nitrogens with two attached hydrogens (primary N) is 1. The molecule has 0 spiro atoms. The first-order valence-electron chi connectivity index (χ1n) is 1.62. The average Bonchev–Trinajstić information content (AvgIpc) is 1.37. The lowest BCUT2D eigenvalue weighted by Gasteiger charge is -1.70. The molecule has 0 amide bonds. The van der Waals surface area contributed by atoms with Gasteiger partial charge in [0.05, 0.1) is 0 Å². The highest BCUT2D eigenvalue weighted by molar-refractivity contribution is 5.75. The molecular formula is C3H9BN. The van der Waals surface area contributed by atoms with Gasteiger partial charge < -0.3 is 5.73 Å². The molecule has 0 unspecified atom stereocenters. The van der Waals surface area contributed by atoms with Crippen molar-refractivity contribution in [1.29, 1.82) is 0 Å². The second kappa shape index (κ2) is 8.98. The van der Waals surface area contributed by atoms with Crippen molar-refractivity contribution in [3.05, 3.63) is 0 Å². The van der Waals surface area contributed by atoms with Crippen LogP contribution in [-0.4, -0.2) is 15.0 Å². The predicted molar refractivity (Wildman–Crippen MR) is 25.1 cm³/mol. The van der Waals surface area contributed by atoms with E-state index in [0.29, 0.717) is 0 Å². The molecule has 0 bridgehead atoms. The Bertz CT molecular complexity index is 8.85. The van der Waals surface area contributed by atoms with Gasteiger partial charge >= 0.3 is 0 Å². The lowest BCUT2D eigenvalue weighted by atomic mass is 10.5. The summed E-state index contributed by atoms with van der Waals surface area (Å²) in [7, 11) is 0. The standard InChI is InChI=1S/C3H9N.B/c1-2-3-4;/h2-4H2,1H3;. The zero-order chi connectivity index (χ0) is 3.41. The van der Waals surface area contributed by atoms with E-state index in [4.69, 9.17) is 5.73 Å². The zero-order valence-electron chi connectivity index (χ0n) is 3.57. The molecule has 0 atom stereocenters.